The van der Waals surface area contributed by atoms with Gasteiger partial charge >= 0.3 is 5.97 Å². The van der Waals surface area contributed by atoms with Gasteiger partial charge in [0, 0.05) is 36.5 Å². The number of hydrogen-bond donors (Lipinski definition) is 1. The van der Waals surface area contributed by atoms with Gasteiger partial charge in [-0.3, -0.25) is 14.9 Å². The summed E-state index contributed by atoms with van der Waals surface area (Å²) in [6, 6.07) is 7.21. The van der Waals surface area contributed by atoms with Crippen molar-refractivity contribution < 1.29 is 27.7 Å². The topological polar surface area (TPSA) is 136 Å². The second-order valence-corrected chi connectivity index (χ2v) is 9.62. The van der Waals surface area contributed by atoms with Gasteiger partial charge < -0.3 is 10.1 Å². The van der Waals surface area contributed by atoms with Gasteiger partial charge in [-0.1, -0.05) is 18.0 Å². The maximum Gasteiger partial charge on any atom is 0.338 e. The second kappa shape index (κ2) is 10.3. The first-order chi connectivity index (χ1) is 15.6. The highest BCUT2D eigenvalue weighted by Gasteiger charge is 2.28. The van der Waals surface area contributed by atoms with E-state index in [1.165, 1.54) is 28.6 Å². The van der Waals surface area contributed by atoms with Crippen LogP contribution in [0.15, 0.2) is 41.3 Å². The molecule has 1 amide bonds. The van der Waals surface area contributed by atoms with Crippen LogP contribution in [0.5, 0.6) is 0 Å². The molecule has 1 fully saturated rings. The lowest BCUT2D eigenvalue weighted by molar-refractivity contribution is -0.384. The number of ether oxygens (including phenoxy) is 1. The van der Waals surface area contributed by atoms with E-state index in [0.29, 0.717) is 13.1 Å². The summed E-state index contributed by atoms with van der Waals surface area (Å²) >= 11 is 6.15. The number of nitrogens with zero attached hydrogens (tertiary/aromatic N) is 2. The Balaban J connectivity index is 1.91. The molecule has 1 aliphatic rings. The van der Waals surface area contributed by atoms with Gasteiger partial charge in [-0.2, -0.15) is 4.31 Å². The van der Waals surface area contributed by atoms with Crippen LogP contribution in [0.25, 0.3) is 0 Å². The maximum atomic E-state index is 13.0. The third-order valence-corrected chi connectivity index (χ3v) is 7.40. The largest absolute Gasteiger partial charge is 0.462 e. The van der Waals surface area contributed by atoms with Gasteiger partial charge in [0.25, 0.3) is 11.6 Å². The highest BCUT2D eigenvalue weighted by molar-refractivity contribution is 7.89. The van der Waals surface area contributed by atoms with Crippen molar-refractivity contribution >= 4 is 44.9 Å². The van der Waals surface area contributed by atoms with Crippen LogP contribution in [0, 0.1) is 10.1 Å². The number of amides is 1. The molecule has 0 bridgehead atoms. The van der Waals surface area contributed by atoms with Crippen molar-refractivity contribution in [2.24, 2.45) is 0 Å². The summed E-state index contributed by atoms with van der Waals surface area (Å²) in [6.45, 7) is 2.42. The van der Waals surface area contributed by atoms with E-state index in [2.05, 4.69) is 5.32 Å². The summed E-state index contributed by atoms with van der Waals surface area (Å²) in [5.41, 5.74) is -0.650. The van der Waals surface area contributed by atoms with Crippen molar-refractivity contribution in [2.75, 3.05) is 25.0 Å². The minimum Gasteiger partial charge on any atom is -0.462 e. The van der Waals surface area contributed by atoms with E-state index in [1.807, 2.05) is 0 Å². The third-order valence-electron chi connectivity index (χ3n) is 5.02. The average Bonchev–Trinajstić information content (AvgIpc) is 2.80. The number of carbonyl (C=O) groups excluding carboxylic acids is 2. The van der Waals surface area contributed by atoms with Crippen LogP contribution < -0.4 is 5.32 Å². The number of hydrogen-bond acceptors (Lipinski definition) is 7. The number of carbonyl (C=O) groups is 2. The van der Waals surface area contributed by atoms with Gasteiger partial charge in [-0.15, -0.1) is 0 Å². The molecule has 0 unspecified atom stereocenters. The van der Waals surface area contributed by atoms with Crippen molar-refractivity contribution in [3.8, 4) is 0 Å². The number of esters is 1. The molecular weight excluding hydrogens is 474 g/mol. The van der Waals surface area contributed by atoms with E-state index >= 15 is 0 Å². The van der Waals surface area contributed by atoms with Crippen molar-refractivity contribution in [1.29, 1.82) is 0 Å². The number of nitro groups is 1. The Morgan fingerprint density at radius 1 is 1.12 bits per heavy atom. The van der Waals surface area contributed by atoms with Crippen LogP contribution in [0.1, 0.15) is 46.9 Å². The number of nitro benzene ring substituents is 1. The fraction of sp³-hybridized carbons (Fsp3) is 0.333. The van der Waals surface area contributed by atoms with Crippen molar-refractivity contribution in [3.63, 3.8) is 0 Å². The number of sulfonamides is 1. The summed E-state index contributed by atoms with van der Waals surface area (Å²) in [6.07, 6.45) is 2.46. The van der Waals surface area contributed by atoms with Crippen LogP contribution >= 0.6 is 11.6 Å². The Labute approximate surface area is 195 Å². The highest BCUT2D eigenvalue weighted by atomic mass is 35.5. The predicted octanol–water partition coefficient (Wildman–Crippen LogP) is 3.85. The molecule has 2 aromatic rings. The van der Waals surface area contributed by atoms with Crippen LogP contribution in [0.2, 0.25) is 5.02 Å². The lowest BCUT2D eigenvalue weighted by Crippen LogP contribution is -2.35. The average molecular weight is 496 g/mol. The zero-order valence-electron chi connectivity index (χ0n) is 17.7. The first-order valence-corrected chi connectivity index (χ1v) is 12.0. The Bertz CT molecular complexity index is 1190. The van der Waals surface area contributed by atoms with Gasteiger partial charge in [-0.05, 0) is 44.0 Å². The predicted molar refractivity (Wildman–Crippen MR) is 121 cm³/mol. The van der Waals surface area contributed by atoms with E-state index in [-0.39, 0.29) is 33.3 Å². The molecule has 33 heavy (non-hydrogen) atoms. The van der Waals surface area contributed by atoms with E-state index in [0.717, 1.165) is 31.4 Å². The molecule has 1 aliphatic heterocycles. The fourth-order valence-electron chi connectivity index (χ4n) is 3.41. The Kier molecular flexibility index (Phi) is 7.67. The molecule has 0 saturated carbocycles. The van der Waals surface area contributed by atoms with Gasteiger partial charge in [0.1, 0.15) is 4.90 Å². The molecule has 0 atom stereocenters. The Morgan fingerprint density at radius 3 is 2.42 bits per heavy atom. The molecular formula is C21H22ClN3O7S. The monoisotopic (exact) mass is 495 g/mol. The summed E-state index contributed by atoms with van der Waals surface area (Å²) < 4.78 is 32.3. The standard InChI is InChI=1S/C21H22ClN3O7S/c1-2-32-21(27)15-10-14(11-17(12-15)25(28)29)20(26)23-16-6-7-18(22)19(13-16)33(30,31)24-8-4-3-5-9-24/h6-7,10-13H,2-5,8-9H2,1H3,(H,23,26). The van der Waals surface area contributed by atoms with Crippen molar-refractivity contribution in [2.45, 2.75) is 31.1 Å². The number of rotatable bonds is 7. The minimum atomic E-state index is -3.86. The van der Waals surface area contributed by atoms with Gasteiger partial charge in [0.05, 0.1) is 22.1 Å². The van der Waals surface area contributed by atoms with E-state index in [9.17, 15) is 28.1 Å². The van der Waals surface area contributed by atoms with Crippen LogP contribution in [-0.4, -0.2) is 49.2 Å². The smallest absolute Gasteiger partial charge is 0.338 e. The zero-order valence-corrected chi connectivity index (χ0v) is 19.3. The summed E-state index contributed by atoms with van der Waals surface area (Å²) in [4.78, 5) is 35.2. The normalized spacial score (nSPS) is 14.5. The van der Waals surface area contributed by atoms with Gasteiger partial charge in [-0.25, -0.2) is 13.2 Å². The van der Waals surface area contributed by atoms with Gasteiger partial charge in [0.2, 0.25) is 10.0 Å². The molecule has 1 heterocycles. The summed E-state index contributed by atoms with van der Waals surface area (Å²) in [5.74, 6) is -1.58. The molecule has 0 aliphatic carbocycles. The number of benzene rings is 2. The van der Waals surface area contributed by atoms with Crippen molar-refractivity contribution in [1.82, 2.24) is 4.31 Å². The molecule has 1 N–H and O–H groups in total. The van der Waals surface area contributed by atoms with Crippen molar-refractivity contribution in [3.05, 3.63) is 62.7 Å². The van der Waals surface area contributed by atoms with E-state index in [4.69, 9.17) is 16.3 Å². The molecule has 176 valence electrons. The fourth-order valence-corrected chi connectivity index (χ4v) is 5.42. The molecule has 0 aromatic heterocycles. The van der Waals surface area contributed by atoms with Crippen LogP contribution in [-0.2, 0) is 14.8 Å². The molecule has 0 radical (unpaired) electrons. The molecule has 0 spiro atoms. The SMILES string of the molecule is CCOC(=O)c1cc(C(=O)Nc2ccc(Cl)c(S(=O)(=O)N3CCCCC3)c2)cc([N+](=O)[O-])c1. The lowest BCUT2D eigenvalue weighted by atomic mass is 10.1. The summed E-state index contributed by atoms with van der Waals surface area (Å²) in [5, 5.41) is 13.8. The van der Waals surface area contributed by atoms with E-state index in [1.54, 1.807) is 6.92 Å². The molecule has 12 heteroatoms. The number of piperidine rings is 1. The third kappa shape index (κ3) is 5.67. The number of nitrogens with one attached hydrogen (secondary N) is 1. The first-order valence-electron chi connectivity index (χ1n) is 10.2. The van der Waals surface area contributed by atoms with Gasteiger partial charge in [0.15, 0.2) is 0 Å². The lowest BCUT2D eigenvalue weighted by Gasteiger charge is -2.26. The maximum absolute atomic E-state index is 13.0. The Morgan fingerprint density at radius 2 is 1.79 bits per heavy atom. The van der Waals surface area contributed by atoms with Crippen LogP contribution in [0.3, 0.4) is 0 Å². The summed E-state index contributed by atoms with van der Waals surface area (Å²) in [7, 11) is -3.86. The number of non-ortho nitro benzene ring substituents is 1. The quantitative estimate of drug-likeness (QED) is 0.350. The number of halogens is 1. The minimum absolute atomic E-state index is 0.0125. The molecule has 1 saturated heterocycles. The second-order valence-electron chi connectivity index (χ2n) is 7.31. The first kappa shape index (κ1) is 24.6. The van der Waals surface area contributed by atoms with Crippen LogP contribution in [0.4, 0.5) is 11.4 Å². The van der Waals surface area contributed by atoms with E-state index < -0.39 is 32.5 Å². The highest BCUT2D eigenvalue weighted by Crippen LogP contribution is 2.30. The Hall–Kier alpha value is -3.02. The molecule has 2 aromatic carbocycles. The molecule has 10 nitrogen and oxygen atoms in total. The zero-order chi connectivity index (χ0) is 24.2. The number of anilines is 1. The molecule has 3 rings (SSSR count).